The summed E-state index contributed by atoms with van der Waals surface area (Å²) >= 11 is 6.05. The molecule has 0 amide bonds. The van der Waals surface area contributed by atoms with Gasteiger partial charge in [0.15, 0.2) is 0 Å². The number of hydrogen-bond acceptors (Lipinski definition) is 3. The standard InChI is InChI=1S/C12H15ClN4/c1-17-9(4-7-16-17)2-3-12(14)10-5-6-15-8-11(10)13/h4-8,12H,2-3,14H2,1H3. The number of rotatable bonds is 4. The van der Waals surface area contributed by atoms with Crippen molar-refractivity contribution in [3.8, 4) is 0 Å². The fourth-order valence-corrected chi connectivity index (χ4v) is 2.05. The summed E-state index contributed by atoms with van der Waals surface area (Å²) in [5.74, 6) is 0. The van der Waals surface area contributed by atoms with Gasteiger partial charge < -0.3 is 5.73 Å². The second kappa shape index (κ2) is 5.29. The van der Waals surface area contributed by atoms with Crippen LogP contribution in [-0.2, 0) is 13.5 Å². The summed E-state index contributed by atoms with van der Waals surface area (Å²) in [6.07, 6.45) is 6.85. The van der Waals surface area contributed by atoms with E-state index >= 15 is 0 Å². The maximum Gasteiger partial charge on any atom is 0.0637 e. The van der Waals surface area contributed by atoms with Crippen LogP contribution in [0.3, 0.4) is 0 Å². The highest BCUT2D eigenvalue weighted by Gasteiger charge is 2.10. The van der Waals surface area contributed by atoms with Crippen molar-refractivity contribution in [3.63, 3.8) is 0 Å². The van der Waals surface area contributed by atoms with Crippen molar-refractivity contribution in [1.29, 1.82) is 0 Å². The lowest BCUT2D eigenvalue weighted by atomic mass is 10.0. The van der Waals surface area contributed by atoms with E-state index in [1.165, 1.54) is 5.69 Å². The van der Waals surface area contributed by atoms with E-state index in [9.17, 15) is 0 Å². The molecule has 90 valence electrons. The number of aryl methyl sites for hydroxylation is 2. The number of nitrogens with zero attached hydrogens (tertiary/aromatic N) is 3. The molecule has 0 aliphatic heterocycles. The number of halogens is 1. The van der Waals surface area contributed by atoms with Crippen molar-refractivity contribution < 1.29 is 0 Å². The Morgan fingerprint density at radius 3 is 2.88 bits per heavy atom. The Morgan fingerprint density at radius 1 is 1.41 bits per heavy atom. The van der Waals surface area contributed by atoms with Crippen molar-refractivity contribution >= 4 is 11.6 Å². The molecule has 1 atom stereocenters. The molecule has 2 aromatic rings. The first-order valence-electron chi connectivity index (χ1n) is 5.50. The molecule has 0 saturated heterocycles. The van der Waals surface area contributed by atoms with Crippen LogP contribution in [0.4, 0.5) is 0 Å². The first kappa shape index (κ1) is 12.1. The Kier molecular flexibility index (Phi) is 3.76. The molecule has 0 saturated carbocycles. The molecule has 2 aromatic heterocycles. The van der Waals surface area contributed by atoms with Crippen LogP contribution in [-0.4, -0.2) is 14.8 Å². The van der Waals surface area contributed by atoms with Gasteiger partial charge in [-0.15, -0.1) is 0 Å². The van der Waals surface area contributed by atoms with Gasteiger partial charge in [-0.1, -0.05) is 11.6 Å². The van der Waals surface area contributed by atoms with Crippen LogP contribution in [0.5, 0.6) is 0 Å². The van der Waals surface area contributed by atoms with Crippen LogP contribution < -0.4 is 5.73 Å². The van der Waals surface area contributed by atoms with Gasteiger partial charge in [-0.05, 0) is 30.5 Å². The van der Waals surface area contributed by atoms with Gasteiger partial charge in [-0.3, -0.25) is 9.67 Å². The molecule has 2 rings (SSSR count). The molecule has 4 nitrogen and oxygen atoms in total. The molecule has 1 unspecified atom stereocenters. The smallest absolute Gasteiger partial charge is 0.0637 e. The molecule has 0 fully saturated rings. The summed E-state index contributed by atoms with van der Waals surface area (Å²) in [5, 5.41) is 4.75. The molecule has 0 radical (unpaired) electrons. The van der Waals surface area contributed by atoms with Crippen molar-refractivity contribution in [2.24, 2.45) is 12.8 Å². The van der Waals surface area contributed by atoms with Gasteiger partial charge in [0.05, 0.1) is 5.02 Å². The minimum Gasteiger partial charge on any atom is -0.324 e. The van der Waals surface area contributed by atoms with Gasteiger partial charge in [0.25, 0.3) is 0 Å². The molecule has 0 bridgehead atoms. The largest absolute Gasteiger partial charge is 0.324 e. The zero-order chi connectivity index (χ0) is 12.3. The third-order valence-electron chi connectivity index (χ3n) is 2.84. The summed E-state index contributed by atoms with van der Waals surface area (Å²) in [6.45, 7) is 0. The highest BCUT2D eigenvalue weighted by Crippen LogP contribution is 2.23. The first-order chi connectivity index (χ1) is 8.18. The lowest BCUT2D eigenvalue weighted by Crippen LogP contribution is -2.13. The van der Waals surface area contributed by atoms with Crippen molar-refractivity contribution in [2.75, 3.05) is 0 Å². The molecule has 0 aliphatic rings. The molecular weight excluding hydrogens is 236 g/mol. The Hall–Kier alpha value is -1.39. The molecule has 0 aliphatic carbocycles. The minimum absolute atomic E-state index is 0.0691. The van der Waals surface area contributed by atoms with Gasteiger partial charge in [0.1, 0.15) is 0 Å². The van der Waals surface area contributed by atoms with Crippen LogP contribution >= 0.6 is 11.6 Å². The van der Waals surface area contributed by atoms with E-state index in [0.717, 1.165) is 18.4 Å². The zero-order valence-electron chi connectivity index (χ0n) is 9.68. The Balaban J connectivity index is 2.01. The first-order valence-corrected chi connectivity index (χ1v) is 5.88. The summed E-state index contributed by atoms with van der Waals surface area (Å²) in [4.78, 5) is 3.95. The maximum absolute atomic E-state index is 6.12. The van der Waals surface area contributed by atoms with Crippen molar-refractivity contribution in [3.05, 3.63) is 47.0 Å². The molecule has 5 heteroatoms. The van der Waals surface area contributed by atoms with Crippen LogP contribution in [0, 0.1) is 0 Å². The van der Waals surface area contributed by atoms with Crippen molar-refractivity contribution in [2.45, 2.75) is 18.9 Å². The highest BCUT2D eigenvalue weighted by atomic mass is 35.5. The topological polar surface area (TPSA) is 56.7 Å². The van der Waals surface area contributed by atoms with E-state index in [1.807, 2.05) is 23.9 Å². The molecule has 0 spiro atoms. The van der Waals surface area contributed by atoms with Crippen LogP contribution in [0.25, 0.3) is 0 Å². The average molecular weight is 251 g/mol. The van der Waals surface area contributed by atoms with E-state index in [4.69, 9.17) is 17.3 Å². The average Bonchev–Trinajstić information content (AvgIpc) is 2.72. The van der Waals surface area contributed by atoms with E-state index in [-0.39, 0.29) is 6.04 Å². The van der Waals surface area contributed by atoms with Crippen molar-refractivity contribution in [1.82, 2.24) is 14.8 Å². The van der Waals surface area contributed by atoms with E-state index < -0.39 is 0 Å². The Bertz CT molecular complexity index is 495. The van der Waals surface area contributed by atoms with Gasteiger partial charge in [-0.2, -0.15) is 5.10 Å². The number of nitrogens with two attached hydrogens (primary N) is 1. The predicted octanol–water partition coefficient (Wildman–Crippen LogP) is 2.10. The Labute approximate surface area is 105 Å². The number of hydrogen-bond donors (Lipinski definition) is 1. The molecular formula is C12H15ClN4. The Morgan fingerprint density at radius 2 is 2.24 bits per heavy atom. The number of aromatic nitrogens is 3. The number of pyridine rings is 1. The zero-order valence-corrected chi connectivity index (χ0v) is 10.4. The molecule has 0 aromatic carbocycles. The summed E-state index contributed by atoms with van der Waals surface area (Å²) in [7, 11) is 1.93. The van der Waals surface area contributed by atoms with Crippen LogP contribution in [0.1, 0.15) is 23.7 Å². The fraction of sp³-hybridized carbons (Fsp3) is 0.333. The fourth-order valence-electron chi connectivity index (χ4n) is 1.79. The maximum atomic E-state index is 6.12. The molecule has 2 heterocycles. The summed E-state index contributed by atoms with van der Waals surface area (Å²) in [5.41, 5.74) is 8.24. The normalized spacial score (nSPS) is 12.6. The SMILES string of the molecule is Cn1nccc1CCC(N)c1ccncc1Cl. The minimum atomic E-state index is -0.0691. The van der Waals surface area contributed by atoms with Gasteiger partial charge in [0, 0.05) is 37.4 Å². The molecule has 2 N–H and O–H groups in total. The predicted molar refractivity (Wildman–Crippen MR) is 67.7 cm³/mol. The lowest BCUT2D eigenvalue weighted by Gasteiger charge is -2.13. The highest BCUT2D eigenvalue weighted by molar-refractivity contribution is 6.31. The van der Waals surface area contributed by atoms with Crippen LogP contribution in [0.15, 0.2) is 30.7 Å². The van der Waals surface area contributed by atoms with E-state index in [0.29, 0.717) is 5.02 Å². The second-order valence-electron chi connectivity index (χ2n) is 3.99. The quantitative estimate of drug-likeness (QED) is 0.904. The third-order valence-corrected chi connectivity index (χ3v) is 3.15. The summed E-state index contributed by atoms with van der Waals surface area (Å²) in [6, 6.07) is 3.80. The van der Waals surface area contributed by atoms with Gasteiger partial charge in [-0.25, -0.2) is 0 Å². The van der Waals surface area contributed by atoms with Gasteiger partial charge >= 0.3 is 0 Å². The lowest BCUT2D eigenvalue weighted by molar-refractivity contribution is 0.613. The summed E-state index contributed by atoms with van der Waals surface area (Å²) < 4.78 is 1.86. The van der Waals surface area contributed by atoms with E-state index in [2.05, 4.69) is 10.1 Å². The third kappa shape index (κ3) is 2.84. The molecule has 17 heavy (non-hydrogen) atoms. The second-order valence-corrected chi connectivity index (χ2v) is 4.40. The monoisotopic (exact) mass is 250 g/mol. The van der Waals surface area contributed by atoms with E-state index in [1.54, 1.807) is 18.6 Å². The van der Waals surface area contributed by atoms with Crippen LogP contribution in [0.2, 0.25) is 5.02 Å². The van der Waals surface area contributed by atoms with Gasteiger partial charge in [0.2, 0.25) is 0 Å².